The van der Waals surface area contributed by atoms with Crippen molar-refractivity contribution in [1.29, 1.82) is 0 Å². The minimum absolute atomic E-state index is 0.153. The van der Waals surface area contributed by atoms with Gasteiger partial charge in [0.2, 0.25) is 0 Å². The topological polar surface area (TPSA) is 61.4 Å². The number of nitrogens with zero attached hydrogens (tertiary/aromatic N) is 1. The number of alkyl halides is 3. The summed E-state index contributed by atoms with van der Waals surface area (Å²) >= 11 is 0. The SMILES string of the molecule is CC.Cc1cc(CNC(=O)N2CCCC2)ccc1C(F)(F)F.O=C(c1ccc(-c2ccc(NC=C3CCC3)cc2)cc1)C1CCC1. The third-order valence-electron chi connectivity index (χ3n) is 8.74. The first-order valence-electron chi connectivity index (χ1n) is 16.6. The molecule has 2 amide bonds. The smallest absolute Gasteiger partial charge is 0.362 e. The van der Waals surface area contributed by atoms with Gasteiger partial charge in [0.05, 0.1) is 5.56 Å². The van der Waals surface area contributed by atoms with Gasteiger partial charge < -0.3 is 15.5 Å². The molecule has 46 heavy (non-hydrogen) atoms. The lowest BCUT2D eigenvalue weighted by molar-refractivity contribution is -0.138. The summed E-state index contributed by atoms with van der Waals surface area (Å²) < 4.78 is 37.9. The van der Waals surface area contributed by atoms with Gasteiger partial charge >= 0.3 is 12.2 Å². The van der Waals surface area contributed by atoms with Crippen LogP contribution in [0.25, 0.3) is 11.1 Å². The van der Waals surface area contributed by atoms with E-state index in [0.29, 0.717) is 11.3 Å². The highest BCUT2D eigenvalue weighted by Gasteiger charge is 2.32. The molecule has 1 aliphatic heterocycles. The minimum atomic E-state index is -4.33. The van der Waals surface area contributed by atoms with Crippen LogP contribution in [-0.2, 0) is 12.7 Å². The summed E-state index contributed by atoms with van der Waals surface area (Å²) in [5.74, 6) is 0.586. The summed E-state index contributed by atoms with van der Waals surface area (Å²) in [7, 11) is 0. The molecule has 3 fully saturated rings. The highest BCUT2D eigenvalue weighted by atomic mass is 19.4. The number of urea groups is 1. The summed E-state index contributed by atoms with van der Waals surface area (Å²) in [5.41, 5.74) is 6.03. The van der Waals surface area contributed by atoms with Crippen molar-refractivity contribution in [2.45, 2.75) is 84.9 Å². The van der Waals surface area contributed by atoms with E-state index in [4.69, 9.17) is 0 Å². The monoisotopic (exact) mass is 633 g/mol. The van der Waals surface area contributed by atoms with Crippen LogP contribution in [-0.4, -0.2) is 29.8 Å². The van der Waals surface area contributed by atoms with E-state index in [-0.39, 0.29) is 24.1 Å². The maximum Gasteiger partial charge on any atom is 0.416 e. The third kappa shape index (κ3) is 9.47. The Bertz CT molecular complexity index is 1460. The van der Waals surface area contributed by atoms with E-state index in [1.54, 1.807) is 4.90 Å². The van der Waals surface area contributed by atoms with Crippen molar-refractivity contribution in [3.8, 4) is 11.1 Å². The van der Waals surface area contributed by atoms with Crippen LogP contribution in [0.15, 0.2) is 78.5 Å². The van der Waals surface area contributed by atoms with Crippen molar-refractivity contribution in [2.24, 2.45) is 5.92 Å². The van der Waals surface area contributed by atoms with E-state index in [9.17, 15) is 22.8 Å². The van der Waals surface area contributed by atoms with Crippen molar-refractivity contribution < 1.29 is 22.8 Å². The molecule has 0 unspecified atom stereocenters. The summed E-state index contributed by atoms with van der Waals surface area (Å²) in [6, 6.07) is 20.3. The molecule has 1 heterocycles. The molecule has 0 aromatic heterocycles. The average molecular weight is 634 g/mol. The minimum Gasteiger partial charge on any atom is -0.362 e. The van der Waals surface area contributed by atoms with Crippen LogP contribution in [0, 0.1) is 12.8 Å². The molecule has 0 radical (unpaired) electrons. The zero-order valence-electron chi connectivity index (χ0n) is 27.2. The van der Waals surface area contributed by atoms with Crippen LogP contribution >= 0.6 is 0 Å². The fourth-order valence-corrected chi connectivity index (χ4v) is 5.57. The van der Waals surface area contributed by atoms with E-state index >= 15 is 0 Å². The summed E-state index contributed by atoms with van der Waals surface area (Å²) in [4.78, 5) is 25.7. The Morgan fingerprint density at radius 3 is 1.96 bits per heavy atom. The Kier molecular flexibility index (Phi) is 12.5. The molecule has 3 aliphatic rings. The standard InChI is InChI=1S/C22H23NO.C14H17F3N2O.C2H6/c24-22(19-5-2-6-19)20-9-7-17(8-10-20)18-11-13-21(14-12-18)23-15-16-3-1-4-16;1-10-8-11(4-5-12(10)14(15,16)17)9-18-13(20)19-6-2-3-7-19;1-2/h7-15,19,23H,1-6H2;4-5,8H,2-3,6-7,9H2,1H3,(H,18,20);1-2H3. The van der Waals surface area contributed by atoms with Crippen molar-refractivity contribution in [1.82, 2.24) is 10.2 Å². The van der Waals surface area contributed by atoms with Crippen molar-refractivity contribution in [3.63, 3.8) is 0 Å². The fraction of sp³-hybridized carbons (Fsp3) is 0.421. The predicted octanol–water partition coefficient (Wildman–Crippen LogP) is 10.2. The van der Waals surface area contributed by atoms with E-state index in [1.807, 2.05) is 26.0 Å². The van der Waals surface area contributed by atoms with Crippen LogP contribution < -0.4 is 10.6 Å². The van der Waals surface area contributed by atoms with Gasteiger partial charge in [0.1, 0.15) is 0 Å². The summed E-state index contributed by atoms with van der Waals surface area (Å²) in [5, 5.41) is 6.10. The van der Waals surface area contributed by atoms with Crippen LogP contribution in [0.3, 0.4) is 0 Å². The normalized spacial score (nSPS) is 15.7. The quantitative estimate of drug-likeness (QED) is 0.255. The molecule has 6 rings (SSSR count). The number of amides is 2. The Labute approximate surface area is 271 Å². The molecule has 2 aliphatic carbocycles. The molecule has 0 atom stereocenters. The van der Waals surface area contributed by atoms with Crippen molar-refractivity contribution in [3.05, 3.63) is 101 Å². The van der Waals surface area contributed by atoms with Crippen LogP contribution in [0.2, 0.25) is 0 Å². The number of allylic oxidation sites excluding steroid dienone is 1. The van der Waals surface area contributed by atoms with E-state index in [0.717, 1.165) is 61.7 Å². The van der Waals surface area contributed by atoms with Crippen molar-refractivity contribution >= 4 is 17.5 Å². The molecule has 1 saturated heterocycles. The van der Waals surface area contributed by atoms with Gasteiger partial charge in [0, 0.05) is 43.0 Å². The summed E-state index contributed by atoms with van der Waals surface area (Å²) in [6.45, 7) is 7.17. The summed E-state index contributed by atoms with van der Waals surface area (Å²) in [6.07, 6.45) is 6.93. The highest BCUT2D eigenvalue weighted by molar-refractivity contribution is 5.98. The first-order chi connectivity index (χ1) is 22.2. The molecule has 2 saturated carbocycles. The van der Waals surface area contributed by atoms with Crippen LogP contribution in [0.1, 0.15) is 92.3 Å². The van der Waals surface area contributed by atoms with Crippen molar-refractivity contribution in [2.75, 3.05) is 18.4 Å². The molecular weight excluding hydrogens is 587 g/mol. The van der Waals surface area contributed by atoms with Gasteiger partial charge in [-0.2, -0.15) is 13.2 Å². The lowest BCUT2D eigenvalue weighted by atomic mass is 9.80. The lowest BCUT2D eigenvalue weighted by Crippen LogP contribution is -2.37. The van der Waals surface area contributed by atoms with Gasteiger partial charge in [-0.1, -0.05) is 74.4 Å². The van der Waals surface area contributed by atoms with Gasteiger partial charge in [0.15, 0.2) is 5.78 Å². The van der Waals surface area contributed by atoms with Gasteiger partial charge in [-0.15, -0.1) is 0 Å². The van der Waals surface area contributed by atoms with E-state index < -0.39 is 11.7 Å². The number of hydrogen-bond donors (Lipinski definition) is 2. The van der Waals surface area contributed by atoms with Gasteiger partial charge in [-0.05, 0) is 92.3 Å². The highest BCUT2D eigenvalue weighted by Crippen LogP contribution is 2.33. The molecule has 246 valence electrons. The maximum absolute atomic E-state index is 12.6. The van der Waals surface area contributed by atoms with Crippen LogP contribution in [0.4, 0.5) is 23.7 Å². The van der Waals surface area contributed by atoms with Gasteiger partial charge in [-0.25, -0.2) is 4.79 Å². The molecule has 5 nitrogen and oxygen atoms in total. The molecule has 0 bridgehead atoms. The Balaban J connectivity index is 0.000000202. The first kappa shape index (κ1) is 34.8. The maximum atomic E-state index is 12.6. The number of carbonyl (C=O) groups is 2. The molecule has 3 aromatic rings. The fourth-order valence-electron chi connectivity index (χ4n) is 5.57. The van der Waals surface area contributed by atoms with E-state index in [2.05, 4.69) is 53.2 Å². The molecule has 2 N–H and O–H groups in total. The van der Waals surface area contributed by atoms with Crippen LogP contribution in [0.5, 0.6) is 0 Å². The number of nitrogens with one attached hydrogen (secondary N) is 2. The predicted molar refractivity (Wildman–Crippen MR) is 180 cm³/mol. The number of anilines is 1. The largest absolute Gasteiger partial charge is 0.416 e. The zero-order chi connectivity index (χ0) is 33.1. The zero-order valence-corrected chi connectivity index (χ0v) is 27.2. The number of carbonyl (C=O) groups excluding carboxylic acids is 2. The Morgan fingerprint density at radius 2 is 1.46 bits per heavy atom. The van der Waals surface area contributed by atoms with Gasteiger partial charge in [0.25, 0.3) is 0 Å². The molecule has 0 spiro atoms. The molecular formula is C38H46F3N3O2. The number of aryl methyl sites for hydroxylation is 1. The number of likely N-dealkylation sites (tertiary alicyclic amines) is 1. The average Bonchev–Trinajstić information content (AvgIpc) is 3.55. The number of hydrogen-bond acceptors (Lipinski definition) is 3. The number of benzene rings is 3. The Morgan fingerprint density at radius 1 is 0.848 bits per heavy atom. The Hall–Kier alpha value is -4.07. The number of halogens is 3. The van der Waals surface area contributed by atoms with Gasteiger partial charge in [-0.3, -0.25) is 4.79 Å². The first-order valence-corrected chi connectivity index (χ1v) is 16.6. The number of Topliss-reactive ketones (excluding diaryl/α,β-unsaturated/α-hetero) is 1. The third-order valence-corrected chi connectivity index (χ3v) is 8.74. The lowest BCUT2D eigenvalue weighted by Gasteiger charge is -2.23. The second kappa shape index (κ2) is 16.5. The number of ketones is 1. The second-order valence-corrected chi connectivity index (χ2v) is 11.9. The second-order valence-electron chi connectivity index (χ2n) is 11.9. The number of rotatable bonds is 7. The van der Waals surface area contributed by atoms with E-state index in [1.165, 1.54) is 55.9 Å². The molecule has 8 heteroatoms. The molecule has 3 aromatic carbocycles.